The second-order valence-corrected chi connectivity index (χ2v) is 6.96. The second-order valence-electron chi connectivity index (χ2n) is 6.55. The van der Waals surface area contributed by atoms with Gasteiger partial charge in [-0.3, -0.25) is 0 Å². The Balaban J connectivity index is 1.87. The van der Waals surface area contributed by atoms with E-state index in [0.29, 0.717) is 11.4 Å². The number of carbonyl (C=O) groups excluding carboxylic acids is 1. The predicted octanol–water partition coefficient (Wildman–Crippen LogP) is 5.27. The lowest BCUT2D eigenvalue weighted by atomic mass is 10.0. The van der Waals surface area contributed by atoms with Gasteiger partial charge in [0.25, 0.3) is 0 Å². The van der Waals surface area contributed by atoms with Crippen LogP contribution in [0.4, 0.5) is 0 Å². The molecule has 4 aromatic rings. The molecule has 1 N–H and O–H groups in total. The van der Waals surface area contributed by atoms with Gasteiger partial charge in [-0.25, -0.2) is 9.78 Å². The number of rotatable bonds is 5. The lowest BCUT2D eigenvalue weighted by Crippen LogP contribution is -2.06. The first-order chi connectivity index (χ1) is 14.1. The molecule has 0 spiro atoms. The van der Waals surface area contributed by atoms with Crippen LogP contribution in [0.2, 0.25) is 5.02 Å². The Morgan fingerprint density at radius 1 is 1.07 bits per heavy atom. The van der Waals surface area contributed by atoms with Gasteiger partial charge >= 0.3 is 5.97 Å². The Kier molecular flexibility index (Phi) is 5.23. The fraction of sp³-hybridized carbons (Fsp3) is 0.130. The van der Waals surface area contributed by atoms with E-state index in [2.05, 4.69) is 9.97 Å². The molecule has 0 aliphatic heterocycles. The molecule has 0 aliphatic rings. The van der Waals surface area contributed by atoms with Crippen molar-refractivity contribution in [2.75, 3.05) is 14.2 Å². The Hall–Kier alpha value is -3.31. The highest BCUT2D eigenvalue weighted by Crippen LogP contribution is 2.36. The number of benzene rings is 2. The molecule has 2 aromatic carbocycles. The number of pyridine rings is 1. The first kappa shape index (κ1) is 19.0. The van der Waals surface area contributed by atoms with Crippen molar-refractivity contribution in [1.82, 2.24) is 9.97 Å². The summed E-state index contributed by atoms with van der Waals surface area (Å²) in [5.74, 6) is 0.309. The van der Waals surface area contributed by atoms with Crippen LogP contribution in [0.15, 0.2) is 60.7 Å². The molecule has 5 nitrogen and oxygen atoms in total. The topological polar surface area (TPSA) is 64.2 Å². The Bertz CT molecular complexity index is 1200. The Labute approximate surface area is 173 Å². The van der Waals surface area contributed by atoms with Gasteiger partial charge in [0, 0.05) is 39.7 Å². The SMILES string of the molecule is COC(=O)c1cccc(Cc2c(-c3ccccc3Cl)[nH]c3cc(OC)ccc23)n1. The number of halogens is 1. The van der Waals surface area contributed by atoms with Crippen LogP contribution in [0.3, 0.4) is 0 Å². The van der Waals surface area contributed by atoms with Crippen LogP contribution in [-0.4, -0.2) is 30.2 Å². The van der Waals surface area contributed by atoms with Crippen LogP contribution in [-0.2, 0) is 11.2 Å². The summed E-state index contributed by atoms with van der Waals surface area (Å²) in [6.07, 6.45) is 0.526. The lowest BCUT2D eigenvalue weighted by Gasteiger charge is -2.08. The van der Waals surface area contributed by atoms with Crippen LogP contribution in [0.25, 0.3) is 22.2 Å². The average molecular weight is 407 g/mol. The number of carbonyl (C=O) groups is 1. The van der Waals surface area contributed by atoms with Crippen molar-refractivity contribution in [2.24, 2.45) is 0 Å². The summed E-state index contributed by atoms with van der Waals surface area (Å²) in [6.45, 7) is 0. The summed E-state index contributed by atoms with van der Waals surface area (Å²) >= 11 is 6.48. The van der Waals surface area contributed by atoms with Crippen LogP contribution < -0.4 is 4.74 Å². The highest BCUT2D eigenvalue weighted by molar-refractivity contribution is 6.33. The molecule has 0 saturated carbocycles. The summed E-state index contributed by atoms with van der Waals surface area (Å²) in [4.78, 5) is 19.8. The van der Waals surface area contributed by atoms with Crippen LogP contribution in [0.1, 0.15) is 21.7 Å². The zero-order valence-electron chi connectivity index (χ0n) is 16.0. The largest absolute Gasteiger partial charge is 0.497 e. The van der Waals surface area contributed by atoms with Crippen molar-refractivity contribution < 1.29 is 14.3 Å². The van der Waals surface area contributed by atoms with Gasteiger partial charge in [-0.15, -0.1) is 0 Å². The van der Waals surface area contributed by atoms with E-state index in [-0.39, 0.29) is 5.69 Å². The van der Waals surface area contributed by atoms with Crippen LogP contribution in [0, 0.1) is 0 Å². The minimum absolute atomic E-state index is 0.283. The summed E-state index contributed by atoms with van der Waals surface area (Å²) in [5, 5.41) is 1.70. The number of hydrogen-bond donors (Lipinski definition) is 1. The maximum Gasteiger partial charge on any atom is 0.356 e. The highest BCUT2D eigenvalue weighted by Gasteiger charge is 2.17. The van der Waals surface area contributed by atoms with E-state index in [1.165, 1.54) is 7.11 Å². The van der Waals surface area contributed by atoms with Gasteiger partial charge in [0.15, 0.2) is 0 Å². The number of aromatic amines is 1. The molecule has 29 heavy (non-hydrogen) atoms. The van der Waals surface area contributed by atoms with Crippen molar-refractivity contribution in [3.05, 3.63) is 82.6 Å². The monoisotopic (exact) mass is 406 g/mol. The van der Waals surface area contributed by atoms with Crippen molar-refractivity contribution in [1.29, 1.82) is 0 Å². The van der Waals surface area contributed by atoms with Gasteiger partial charge < -0.3 is 14.5 Å². The van der Waals surface area contributed by atoms with Gasteiger partial charge in [-0.1, -0.05) is 35.9 Å². The number of fused-ring (bicyclic) bond motifs is 1. The number of ether oxygens (including phenoxy) is 2. The van der Waals surface area contributed by atoms with Gasteiger partial charge in [-0.2, -0.15) is 0 Å². The number of aromatic nitrogens is 2. The summed E-state index contributed by atoms with van der Waals surface area (Å²) in [7, 11) is 2.99. The van der Waals surface area contributed by atoms with E-state index >= 15 is 0 Å². The molecule has 0 atom stereocenters. The minimum Gasteiger partial charge on any atom is -0.497 e. The summed E-state index contributed by atoms with van der Waals surface area (Å²) in [5.41, 5.74) is 4.86. The van der Waals surface area contributed by atoms with Gasteiger partial charge in [-0.05, 0) is 35.9 Å². The van der Waals surface area contributed by atoms with E-state index in [0.717, 1.165) is 39.2 Å². The molecule has 6 heteroatoms. The number of methoxy groups -OCH3 is 2. The van der Waals surface area contributed by atoms with E-state index in [1.807, 2.05) is 54.6 Å². The molecular weight excluding hydrogens is 388 g/mol. The van der Waals surface area contributed by atoms with Crippen LogP contribution >= 0.6 is 11.6 Å². The quantitative estimate of drug-likeness (QED) is 0.458. The van der Waals surface area contributed by atoms with E-state index in [9.17, 15) is 4.79 Å². The third kappa shape index (κ3) is 3.69. The normalized spacial score (nSPS) is 10.9. The number of nitrogens with one attached hydrogen (secondary N) is 1. The smallest absolute Gasteiger partial charge is 0.356 e. The maximum absolute atomic E-state index is 11.9. The lowest BCUT2D eigenvalue weighted by molar-refractivity contribution is 0.0593. The fourth-order valence-corrected chi connectivity index (χ4v) is 3.65. The molecule has 4 rings (SSSR count). The molecule has 0 amide bonds. The summed E-state index contributed by atoms with van der Waals surface area (Å²) < 4.78 is 10.2. The molecule has 2 aromatic heterocycles. The molecule has 0 aliphatic carbocycles. The van der Waals surface area contributed by atoms with E-state index < -0.39 is 5.97 Å². The predicted molar refractivity (Wildman–Crippen MR) is 114 cm³/mol. The molecule has 0 fully saturated rings. The van der Waals surface area contributed by atoms with Crippen molar-refractivity contribution >= 4 is 28.5 Å². The van der Waals surface area contributed by atoms with E-state index in [1.54, 1.807) is 13.2 Å². The molecule has 0 saturated heterocycles. The van der Waals surface area contributed by atoms with Gasteiger partial charge in [0.05, 0.1) is 19.9 Å². The average Bonchev–Trinajstić information content (AvgIpc) is 3.10. The van der Waals surface area contributed by atoms with Crippen LogP contribution in [0.5, 0.6) is 5.75 Å². The molecule has 0 radical (unpaired) electrons. The number of esters is 1. The second kappa shape index (κ2) is 7.97. The fourth-order valence-electron chi connectivity index (χ4n) is 3.42. The number of H-pyrrole nitrogens is 1. The number of nitrogens with zero attached hydrogens (tertiary/aromatic N) is 1. The summed E-state index contributed by atoms with van der Waals surface area (Å²) in [6, 6.07) is 18.9. The third-order valence-corrected chi connectivity index (χ3v) is 5.15. The molecule has 0 bridgehead atoms. The van der Waals surface area contributed by atoms with Gasteiger partial charge in [0.2, 0.25) is 0 Å². The zero-order valence-corrected chi connectivity index (χ0v) is 16.8. The molecule has 146 valence electrons. The Morgan fingerprint density at radius 2 is 1.90 bits per heavy atom. The first-order valence-corrected chi connectivity index (χ1v) is 9.46. The molecule has 0 unspecified atom stereocenters. The number of hydrogen-bond acceptors (Lipinski definition) is 4. The molecular formula is C23H19ClN2O3. The van der Waals surface area contributed by atoms with Crippen molar-refractivity contribution in [3.8, 4) is 17.0 Å². The zero-order chi connectivity index (χ0) is 20.4. The maximum atomic E-state index is 11.9. The minimum atomic E-state index is -0.457. The Morgan fingerprint density at radius 3 is 2.66 bits per heavy atom. The van der Waals surface area contributed by atoms with Crippen molar-refractivity contribution in [3.63, 3.8) is 0 Å². The first-order valence-electron chi connectivity index (χ1n) is 9.08. The van der Waals surface area contributed by atoms with E-state index in [4.69, 9.17) is 21.1 Å². The third-order valence-electron chi connectivity index (χ3n) is 4.82. The van der Waals surface area contributed by atoms with Crippen molar-refractivity contribution in [2.45, 2.75) is 6.42 Å². The standard InChI is InChI=1S/C23H19ClN2O3/c1-28-15-10-11-16-18(12-14-6-5-9-20(25-14)23(27)29-2)22(26-21(16)13-15)17-7-3-4-8-19(17)24/h3-11,13,26H,12H2,1-2H3. The van der Waals surface area contributed by atoms with Gasteiger partial charge in [0.1, 0.15) is 11.4 Å². The molecule has 2 heterocycles. The highest BCUT2D eigenvalue weighted by atomic mass is 35.5.